The van der Waals surface area contributed by atoms with Crippen molar-refractivity contribution in [2.45, 2.75) is 42.0 Å². The minimum absolute atomic E-state index is 0.194. The Morgan fingerprint density at radius 2 is 1.62 bits per heavy atom. The standard InChI is InChI=1S/C35H34BrN5O4S2/c1-34(2,3)47(43,44)37-23-35(29-15-8-9-16-30(29)40(32(35)42)22-24-17-19-26(36)20-18-24)46-33-39-38-31(25-11-10-14-28(21-25)45-4)41(33)27-12-6-5-7-13-27/h5-21,37H,22-23H2,1-4H3. The first kappa shape index (κ1) is 33.0. The fourth-order valence-electron chi connectivity index (χ4n) is 5.39. The number of aromatic nitrogens is 3. The summed E-state index contributed by atoms with van der Waals surface area (Å²) in [4.78, 5) is 16.6. The highest BCUT2D eigenvalue weighted by molar-refractivity contribution is 9.10. The number of fused-ring (bicyclic) bond motifs is 1. The Morgan fingerprint density at radius 1 is 0.915 bits per heavy atom. The maximum Gasteiger partial charge on any atom is 0.249 e. The third-order valence-electron chi connectivity index (χ3n) is 8.03. The van der Waals surface area contributed by atoms with Crippen LogP contribution < -0.4 is 14.4 Å². The first-order valence-electron chi connectivity index (χ1n) is 14.9. The van der Waals surface area contributed by atoms with Crippen LogP contribution in [0.2, 0.25) is 0 Å². The van der Waals surface area contributed by atoms with Crippen LogP contribution in [0, 0.1) is 0 Å². The monoisotopic (exact) mass is 731 g/mol. The van der Waals surface area contributed by atoms with Crippen molar-refractivity contribution in [2.75, 3.05) is 18.6 Å². The molecule has 2 heterocycles. The molecule has 0 fully saturated rings. The van der Waals surface area contributed by atoms with E-state index < -0.39 is 19.5 Å². The van der Waals surface area contributed by atoms with Crippen LogP contribution in [0.1, 0.15) is 31.9 Å². The molecule has 0 bridgehead atoms. The molecule has 1 aromatic heterocycles. The number of nitrogens with zero attached hydrogens (tertiary/aromatic N) is 4. The Labute approximate surface area is 287 Å². The van der Waals surface area contributed by atoms with E-state index in [9.17, 15) is 13.2 Å². The summed E-state index contributed by atoms with van der Waals surface area (Å²) in [6, 6.07) is 32.5. The van der Waals surface area contributed by atoms with E-state index in [2.05, 4.69) is 30.8 Å². The van der Waals surface area contributed by atoms with Crippen LogP contribution in [-0.2, 0) is 26.1 Å². The predicted molar refractivity (Wildman–Crippen MR) is 189 cm³/mol. The van der Waals surface area contributed by atoms with Gasteiger partial charge in [0, 0.05) is 33.5 Å². The SMILES string of the molecule is COc1cccc(-c2nnc(SC3(CNS(=O)(=O)C(C)(C)C)C(=O)N(Cc4ccc(Br)cc4)c4ccccc43)n2-c2ccccc2)c1. The Balaban J connectivity index is 1.52. The maximum absolute atomic E-state index is 14.9. The number of amides is 1. The molecule has 0 aliphatic carbocycles. The number of benzene rings is 4. The van der Waals surface area contributed by atoms with Crippen molar-refractivity contribution in [1.29, 1.82) is 0 Å². The number of ether oxygens (including phenoxy) is 1. The Bertz CT molecular complexity index is 2030. The zero-order valence-electron chi connectivity index (χ0n) is 26.3. The van der Waals surface area contributed by atoms with E-state index in [1.807, 2.05) is 108 Å². The van der Waals surface area contributed by atoms with Gasteiger partial charge in [-0.3, -0.25) is 9.36 Å². The van der Waals surface area contributed by atoms with Gasteiger partial charge in [0.15, 0.2) is 11.0 Å². The van der Waals surface area contributed by atoms with Crippen molar-refractivity contribution in [3.63, 3.8) is 0 Å². The molecule has 0 spiro atoms. The topological polar surface area (TPSA) is 106 Å². The van der Waals surface area contributed by atoms with Crippen LogP contribution in [-0.4, -0.2) is 47.5 Å². The van der Waals surface area contributed by atoms with Gasteiger partial charge in [-0.05, 0) is 68.8 Å². The second-order valence-corrected chi connectivity index (χ2v) is 16.8. The highest BCUT2D eigenvalue weighted by Crippen LogP contribution is 2.52. The molecule has 4 aromatic carbocycles. The predicted octanol–water partition coefficient (Wildman–Crippen LogP) is 6.96. The number of sulfonamides is 1. The number of carbonyl (C=O) groups is 1. The van der Waals surface area contributed by atoms with E-state index >= 15 is 0 Å². The molecule has 1 unspecified atom stereocenters. The lowest BCUT2D eigenvalue weighted by atomic mass is 10.00. The van der Waals surface area contributed by atoms with E-state index in [4.69, 9.17) is 4.74 Å². The van der Waals surface area contributed by atoms with Gasteiger partial charge in [0.2, 0.25) is 15.9 Å². The van der Waals surface area contributed by atoms with Gasteiger partial charge in [-0.25, -0.2) is 13.1 Å². The average molecular weight is 733 g/mol. The van der Waals surface area contributed by atoms with Gasteiger partial charge in [-0.2, -0.15) is 0 Å². The summed E-state index contributed by atoms with van der Waals surface area (Å²) in [5, 5.41) is 9.67. The molecular weight excluding hydrogens is 698 g/mol. The molecular formula is C35H34BrN5O4S2. The van der Waals surface area contributed by atoms with Crippen LogP contribution >= 0.6 is 27.7 Å². The van der Waals surface area contributed by atoms with Gasteiger partial charge in [-0.1, -0.05) is 88.4 Å². The number of para-hydroxylation sites is 2. The number of methoxy groups -OCH3 is 1. The molecule has 0 saturated heterocycles. The molecule has 5 aromatic rings. The van der Waals surface area contributed by atoms with Gasteiger partial charge >= 0.3 is 0 Å². The number of rotatable bonds is 10. The average Bonchev–Trinajstić information content (AvgIpc) is 3.58. The fraction of sp³-hybridized carbons (Fsp3) is 0.229. The molecule has 1 N–H and O–H groups in total. The van der Waals surface area contributed by atoms with E-state index in [1.165, 1.54) is 11.8 Å². The summed E-state index contributed by atoms with van der Waals surface area (Å²) in [5.74, 6) is 0.957. The highest BCUT2D eigenvalue weighted by atomic mass is 79.9. The van der Waals surface area contributed by atoms with Crippen molar-refractivity contribution < 1.29 is 17.9 Å². The Kier molecular flexibility index (Phi) is 9.05. The van der Waals surface area contributed by atoms with Gasteiger partial charge < -0.3 is 9.64 Å². The maximum atomic E-state index is 14.9. The third-order valence-corrected chi connectivity index (χ3v) is 12.0. The number of nitrogens with one attached hydrogen (secondary N) is 1. The van der Waals surface area contributed by atoms with E-state index in [0.717, 1.165) is 21.3 Å². The van der Waals surface area contributed by atoms with Gasteiger partial charge in [-0.15, -0.1) is 10.2 Å². The number of thioether (sulfide) groups is 1. The van der Waals surface area contributed by atoms with Crippen LogP contribution in [0.4, 0.5) is 5.69 Å². The van der Waals surface area contributed by atoms with Crippen molar-refractivity contribution in [1.82, 2.24) is 19.5 Å². The molecule has 0 saturated carbocycles. The van der Waals surface area contributed by atoms with Gasteiger partial charge in [0.25, 0.3) is 0 Å². The molecule has 0 radical (unpaired) electrons. The molecule has 1 amide bonds. The number of halogens is 1. The summed E-state index contributed by atoms with van der Waals surface area (Å²) in [7, 11) is -2.22. The first-order chi connectivity index (χ1) is 22.4. The summed E-state index contributed by atoms with van der Waals surface area (Å²) in [6.45, 7) is 5.00. The molecule has 12 heteroatoms. The zero-order chi connectivity index (χ0) is 33.4. The summed E-state index contributed by atoms with van der Waals surface area (Å²) in [6.07, 6.45) is 0. The molecule has 1 atom stereocenters. The van der Waals surface area contributed by atoms with Crippen molar-refractivity contribution in [3.05, 3.63) is 119 Å². The number of anilines is 1. The van der Waals surface area contributed by atoms with Crippen LogP contribution in [0.15, 0.2) is 113 Å². The van der Waals surface area contributed by atoms with Crippen molar-refractivity contribution >= 4 is 49.3 Å². The lowest BCUT2D eigenvalue weighted by molar-refractivity contribution is -0.120. The van der Waals surface area contributed by atoms with Crippen LogP contribution in [0.25, 0.3) is 17.1 Å². The molecule has 6 rings (SSSR count). The quantitative estimate of drug-likeness (QED) is 0.166. The van der Waals surface area contributed by atoms with Gasteiger partial charge in [0.1, 0.15) is 10.5 Å². The molecule has 242 valence electrons. The molecule has 47 heavy (non-hydrogen) atoms. The van der Waals surface area contributed by atoms with Crippen molar-refractivity contribution in [3.8, 4) is 22.8 Å². The van der Waals surface area contributed by atoms with Crippen LogP contribution in [0.5, 0.6) is 5.75 Å². The zero-order valence-corrected chi connectivity index (χ0v) is 29.6. The molecule has 9 nitrogen and oxygen atoms in total. The minimum atomic E-state index is -3.83. The minimum Gasteiger partial charge on any atom is -0.497 e. The fourth-order valence-corrected chi connectivity index (χ4v) is 7.89. The number of hydrogen-bond acceptors (Lipinski definition) is 7. The van der Waals surface area contributed by atoms with Crippen LogP contribution in [0.3, 0.4) is 0 Å². The summed E-state index contributed by atoms with van der Waals surface area (Å²) in [5.41, 5.74) is 3.88. The third kappa shape index (κ3) is 6.34. The van der Waals surface area contributed by atoms with Gasteiger partial charge in [0.05, 0.1) is 18.4 Å². The molecule has 1 aliphatic heterocycles. The lowest BCUT2D eigenvalue weighted by Gasteiger charge is -2.30. The smallest absolute Gasteiger partial charge is 0.249 e. The molecule has 1 aliphatic rings. The first-order valence-corrected chi connectivity index (χ1v) is 18.0. The second-order valence-electron chi connectivity index (χ2n) is 12.1. The van der Waals surface area contributed by atoms with E-state index in [0.29, 0.717) is 34.5 Å². The summed E-state index contributed by atoms with van der Waals surface area (Å²) >= 11 is 4.68. The van der Waals surface area contributed by atoms with E-state index in [1.54, 1.807) is 32.8 Å². The largest absolute Gasteiger partial charge is 0.497 e. The number of carbonyl (C=O) groups excluding carboxylic acids is 1. The lowest BCUT2D eigenvalue weighted by Crippen LogP contribution is -2.49. The highest BCUT2D eigenvalue weighted by Gasteiger charge is 2.53. The normalized spacial score (nSPS) is 16.4. The second kappa shape index (κ2) is 12.9. The van der Waals surface area contributed by atoms with Crippen molar-refractivity contribution in [2.24, 2.45) is 0 Å². The summed E-state index contributed by atoms with van der Waals surface area (Å²) < 4.78 is 35.5. The Hall–Kier alpha value is -3.97. The number of hydrogen-bond donors (Lipinski definition) is 1. The van der Waals surface area contributed by atoms with E-state index in [-0.39, 0.29) is 12.5 Å². The Morgan fingerprint density at radius 3 is 2.32 bits per heavy atom.